The molecule has 2 aromatic heterocycles. The SMILES string of the molecule is CCCCn1c(Cl)c(CCC)n(Cc2ccc(-c3ccccc3-n3cnnn3)cc2)c1=O. The van der Waals surface area contributed by atoms with Crippen LogP contribution in [0.25, 0.3) is 16.8 Å². The Morgan fingerprint density at radius 1 is 0.969 bits per heavy atom. The van der Waals surface area contributed by atoms with Crippen molar-refractivity contribution in [1.82, 2.24) is 29.3 Å². The van der Waals surface area contributed by atoms with Crippen LogP contribution in [0, 0.1) is 0 Å². The number of nitrogens with zero attached hydrogens (tertiary/aromatic N) is 6. The molecule has 4 aromatic rings. The topological polar surface area (TPSA) is 70.5 Å². The normalized spacial score (nSPS) is 11.2. The predicted octanol–water partition coefficient (Wildman–Crippen LogP) is 4.75. The average molecular weight is 451 g/mol. The van der Waals surface area contributed by atoms with Gasteiger partial charge in [0, 0.05) is 12.1 Å². The van der Waals surface area contributed by atoms with E-state index in [2.05, 4.69) is 53.6 Å². The molecular formula is C24H27ClN6O. The molecule has 0 unspecified atom stereocenters. The van der Waals surface area contributed by atoms with Gasteiger partial charge in [-0.1, -0.05) is 80.8 Å². The van der Waals surface area contributed by atoms with Gasteiger partial charge in [-0.2, -0.15) is 4.68 Å². The third kappa shape index (κ3) is 4.39. The zero-order valence-electron chi connectivity index (χ0n) is 18.4. The van der Waals surface area contributed by atoms with Crippen LogP contribution in [-0.2, 0) is 19.5 Å². The molecule has 8 heteroatoms. The Hall–Kier alpha value is -3.19. The average Bonchev–Trinajstić information content (AvgIpc) is 3.43. The fraction of sp³-hybridized carbons (Fsp3) is 0.333. The van der Waals surface area contributed by atoms with E-state index in [-0.39, 0.29) is 5.69 Å². The molecule has 2 aromatic carbocycles. The van der Waals surface area contributed by atoms with E-state index in [4.69, 9.17) is 11.6 Å². The lowest BCUT2D eigenvalue weighted by Gasteiger charge is -2.11. The van der Waals surface area contributed by atoms with Gasteiger partial charge in [0.1, 0.15) is 11.5 Å². The molecule has 0 fully saturated rings. The number of para-hydroxylation sites is 1. The first-order chi connectivity index (χ1) is 15.6. The zero-order chi connectivity index (χ0) is 22.5. The summed E-state index contributed by atoms with van der Waals surface area (Å²) < 4.78 is 5.19. The number of aromatic nitrogens is 6. The van der Waals surface area contributed by atoms with Gasteiger partial charge in [-0.3, -0.25) is 9.13 Å². The fourth-order valence-electron chi connectivity index (χ4n) is 3.92. The highest BCUT2D eigenvalue weighted by atomic mass is 35.5. The van der Waals surface area contributed by atoms with Gasteiger partial charge in [-0.15, -0.1) is 5.10 Å². The number of tetrazole rings is 1. The van der Waals surface area contributed by atoms with Crippen molar-refractivity contribution in [2.75, 3.05) is 0 Å². The maximum absolute atomic E-state index is 13.1. The van der Waals surface area contributed by atoms with Gasteiger partial charge in [0.25, 0.3) is 0 Å². The van der Waals surface area contributed by atoms with Crippen LogP contribution in [-0.4, -0.2) is 29.3 Å². The van der Waals surface area contributed by atoms with E-state index in [0.29, 0.717) is 18.2 Å². The Balaban J connectivity index is 1.64. The summed E-state index contributed by atoms with van der Waals surface area (Å²) >= 11 is 6.61. The van der Waals surface area contributed by atoms with Crippen molar-refractivity contribution in [2.24, 2.45) is 0 Å². The third-order valence-corrected chi connectivity index (χ3v) is 6.01. The lowest BCUT2D eigenvalue weighted by molar-refractivity contribution is 0.592. The van der Waals surface area contributed by atoms with Crippen LogP contribution < -0.4 is 5.69 Å². The van der Waals surface area contributed by atoms with Crippen LogP contribution in [0.2, 0.25) is 5.15 Å². The van der Waals surface area contributed by atoms with Crippen LogP contribution in [0.3, 0.4) is 0 Å². The second kappa shape index (κ2) is 9.96. The fourth-order valence-corrected chi connectivity index (χ4v) is 4.28. The molecule has 4 rings (SSSR count). The molecule has 0 spiro atoms. The predicted molar refractivity (Wildman–Crippen MR) is 126 cm³/mol. The van der Waals surface area contributed by atoms with Gasteiger partial charge in [-0.25, -0.2) is 4.79 Å². The summed E-state index contributed by atoms with van der Waals surface area (Å²) in [5.41, 5.74) is 4.94. The third-order valence-electron chi connectivity index (χ3n) is 5.59. The first-order valence-corrected chi connectivity index (χ1v) is 11.4. The van der Waals surface area contributed by atoms with Gasteiger partial charge in [0.2, 0.25) is 0 Å². The minimum absolute atomic E-state index is 0.0278. The smallest absolute Gasteiger partial charge is 0.290 e. The first-order valence-electron chi connectivity index (χ1n) is 11.0. The number of imidazole rings is 1. The highest BCUT2D eigenvalue weighted by Gasteiger charge is 2.18. The monoisotopic (exact) mass is 450 g/mol. The van der Waals surface area contributed by atoms with Crippen molar-refractivity contribution in [3.8, 4) is 16.8 Å². The van der Waals surface area contributed by atoms with Gasteiger partial charge in [0.05, 0.1) is 17.9 Å². The van der Waals surface area contributed by atoms with E-state index in [9.17, 15) is 4.79 Å². The van der Waals surface area contributed by atoms with Crippen molar-refractivity contribution in [3.05, 3.63) is 81.8 Å². The molecule has 0 aliphatic carbocycles. The molecule has 0 saturated carbocycles. The van der Waals surface area contributed by atoms with Crippen LogP contribution in [0.4, 0.5) is 0 Å². The van der Waals surface area contributed by atoms with Crippen molar-refractivity contribution < 1.29 is 0 Å². The van der Waals surface area contributed by atoms with E-state index in [0.717, 1.165) is 53.8 Å². The lowest BCUT2D eigenvalue weighted by atomic mass is 10.0. The van der Waals surface area contributed by atoms with Gasteiger partial charge >= 0.3 is 5.69 Å². The summed E-state index contributed by atoms with van der Waals surface area (Å²) in [5.74, 6) is 0. The number of rotatable bonds is 9. The Morgan fingerprint density at radius 2 is 1.75 bits per heavy atom. The Kier molecular flexibility index (Phi) is 6.85. The van der Waals surface area contributed by atoms with Gasteiger partial charge < -0.3 is 0 Å². The summed E-state index contributed by atoms with van der Waals surface area (Å²) in [6.45, 7) is 5.38. The maximum atomic E-state index is 13.1. The lowest BCUT2D eigenvalue weighted by Crippen LogP contribution is -2.25. The minimum Gasteiger partial charge on any atom is -0.290 e. The number of benzene rings is 2. The molecule has 0 atom stereocenters. The molecule has 0 amide bonds. The Morgan fingerprint density at radius 3 is 2.44 bits per heavy atom. The Labute approximate surface area is 192 Å². The van der Waals surface area contributed by atoms with Crippen LogP contribution in [0.5, 0.6) is 0 Å². The molecule has 7 nitrogen and oxygen atoms in total. The van der Waals surface area contributed by atoms with E-state index < -0.39 is 0 Å². The van der Waals surface area contributed by atoms with Crippen molar-refractivity contribution >= 4 is 11.6 Å². The molecule has 2 heterocycles. The molecule has 0 N–H and O–H groups in total. The number of unbranched alkanes of at least 4 members (excludes halogenated alkanes) is 1. The number of hydrogen-bond acceptors (Lipinski definition) is 4. The minimum atomic E-state index is -0.0278. The quantitative estimate of drug-likeness (QED) is 0.369. The highest BCUT2D eigenvalue weighted by molar-refractivity contribution is 6.30. The van der Waals surface area contributed by atoms with Gasteiger partial charge in [-0.05, 0) is 40.5 Å². The summed E-state index contributed by atoms with van der Waals surface area (Å²) in [6.07, 6.45) is 5.26. The summed E-state index contributed by atoms with van der Waals surface area (Å²) in [4.78, 5) is 13.1. The largest absolute Gasteiger partial charge is 0.329 e. The zero-order valence-corrected chi connectivity index (χ0v) is 19.2. The van der Waals surface area contributed by atoms with Crippen molar-refractivity contribution in [3.63, 3.8) is 0 Å². The van der Waals surface area contributed by atoms with E-state index in [1.54, 1.807) is 15.6 Å². The molecule has 0 saturated heterocycles. The van der Waals surface area contributed by atoms with Gasteiger partial charge in [0.15, 0.2) is 0 Å². The van der Waals surface area contributed by atoms with E-state index in [1.165, 1.54) is 0 Å². The summed E-state index contributed by atoms with van der Waals surface area (Å²) in [7, 11) is 0. The van der Waals surface area contributed by atoms with Crippen molar-refractivity contribution in [2.45, 2.75) is 52.6 Å². The van der Waals surface area contributed by atoms with E-state index in [1.807, 2.05) is 28.8 Å². The summed E-state index contributed by atoms with van der Waals surface area (Å²) in [5, 5.41) is 12.1. The number of hydrogen-bond donors (Lipinski definition) is 0. The maximum Gasteiger partial charge on any atom is 0.329 e. The van der Waals surface area contributed by atoms with Crippen LogP contribution in [0.1, 0.15) is 44.4 Å². The van der Waals surface area contributed by atoms with Crippen molar-refractivity contribution in [1.29, 1.82) is 0 Å². The van der Waals surface area contributed by atoms with Crippen LogP contribution in [0.15, 0.2) is 59.7 Å². The molecule has 0 aliphatic rings. The van der Waals surface area contributed by atoms with E-state index >= 15 is 0 Å². The van der Waals surface area contributed by atoms with Crippen LogP contribution >= 0.6 is 11.6 Å². The summed E-state index contributed by atoms with van der Waals surface area (Å²) in [6, 6.07) is 16.2. The molecule has 0 aliphatic heterocycles. The molecule has 166 valence electrons. The molecule has 32 heavy (non-hydrogen) atoms. The highest BCUT2D eigenvalue weighted by Crippen LogP contribution is 2.27. The Bertz CT molecular complexity index is 1220. The molecule has 0 radical (unpaired) electrons. The second-order valence-electron chi connectivity index (χ2n) is 7.83. The second-order valence-corrected chi connectivity index (χ2v) is 8.19. The number of halogens is 1. The first kappa shape index (κ1) is 22.0. The molecular weight excluding hydrogens is 424 g/mol. The molecule has 0 bridgehead atoms. The standard InChI is InChI=1S/C24H27ClN6O/c1-3-5-15-29-23(25)22(8-4-2)30(24(29)32)16-18-11-13-19(14-12-18)20-9-6-7-10-21(20)31-17-26-27-28-31/h6-7,9-14,17H,3-5,8,15-16H2,1-2H3.